The zero-order valence-corrected chi connectivity index (χ0v) is 27.6. The van der Waals surface area contributed by atoms with E-state index >= 15 is 0 Å². The van der Waals surface area contributed by atoms with Gasteiger partial charge in [0.25, 0.3) is 11.8 Å². The maximum Gasteiger partial charge on any atom is 0.267 e. The number of nitrogens with zero attached hydrogens (tertiary/aromatic N) is 4. The highest BCUT2D eigenvalue weighted by molar-refractivity contribution is 8.29. The SMILES string of the molecule is O=C(CCCN1C(=O)/C(=C2\SC(=S)N(CCCC(=O)Nc3nc4ccccc4s3)C2=O)SC1=S)Nc1nc2ccccc2s1. The number of nitrogens with one attached hydrogen (secondary N) is 2. The van der Waals surface area contributed by atoms with Gasteiger partial charge in [-0.05, 0) is 37.1 Å². The van der Waals surface area contributed by atoms with Crippen LogP contribution < -0.4 is 10.6 Å². The summed E-state index contributed by atoms with van der Waals surface area (Å²) in [6, 6.07) is 15.3. The molecule has 0 atom stereocenters. The topological polar surface area (TPSA) is 125 Å². The van der Waals surface area contributed by atoms with E-state index in [-0.39, 0.29) is 59.4 Å². The molecule has 0 bridgehead atoms. The smallest absolute Gasteiger partial charge is 0.267 e. The summed E-state index contributed by atoms with van der Waals surface area (Å²) < 4.78 is 2.62. The summed E-state index contributed by atoms with van der Waals surface area (Å²) in [6.07, 6.45) is 1.13. The van der Waals surface area contributed by atoms with E-state index < -0.39 is 0 Å². The number of carbonyl (C=O) groups is 4. The van der Waals surface area contributed by atoms with E-state index in [0.29, 0.717) is 31.7 Å². The Kier molecular flexibility index (Phi) is 9.34. The zero-order valence-electron chi connectivity index (χ0n) is 22.7. The Morgan fingerprint density at radius 3 is 1.50 bits per heavy atom. The molecule has 4 aromatic rings. The molecule has 0 unspecified atom stereocenters. The monoisotopic (exact) mass is 698 g/mol. The maximum atomic E-state index is 13.2. The van der Waals surface area contributed by atoms with Gasteiger partial charge in [0.05, 0.1) is 30.2 Å². The predicted octanol–water partition coefficient (Wildman–Crippen LogP) is 5.98. The van der Waals surface area contributed by atoms with Gasteiger partial charge in [0, 0.05) is 25.9 Å². The maximum absolute atomic E-state index is 13.2. The van der Waals surface area contributed by atoms with Gasteiger partial charge in [0.2, 0.25) is 11.8 Å². The van der Waals surface area contributed by atoms with Gasteiger partial charge in [0.15, 0.2) is 10.3 Å². The fourth-order valence-electron chi connectivity index (χ4n) is 4.47. The molecule has 0 aliphatic carbocycles. The number of anilines is 2. The van der Waals surface area contributed by atoms with Crippen molar-refractivity contribution in [3.05, 3.63) is 58.3 Å². The van der Waals surface area contributed by atoms with Crippen molar-refractivity contribution in [3.8, 4) is 0 Å². The number of thiazole rings is 2. The van der Waals surface area contributed by atoms with Crippen LogP contribution in [0.3, 0.4) is 0 Å². The quantitative estimate of drug-likeness (QED) is 0.151. The number of hydrogen-bond donors (Lipinski definition) is 2. The average molecular weight is 699 g/mol. The third-order valence-corrected chi connectivity index (χ3v) is 11.5. The van der Waals surface area contributed by atoms with Crippen LogP contribution in [0.25, 0.3) is 20.4 Å². The Morgan fingerprint density at radius 1 is 0.682 bits per heavy atom. The first-order chi connectivity index (χ1) is 21.3. The van der Waals surface area contributed by atoms with Gasteiger partial charge < -0.3 is 10.6 Å². The molecule has 6 rings (SSSR count). The molecular weight excluding hydrogens is 677 g/mol. The van der Waals surface area contributed by atoms with Crippen LogP contribution in [-0.4, -0.2) is 65.1 Å². The molecule has 2 saturated heterocycles. The predicted molar refractivity (Wildman–Crippen MR) is 186 cm³/mol. The molecule has 16 heteroatoms. The van der Waals surface area contributed by atoms with Gasteiger partial charge in [-0.3, -0.25) is 29.0 Å². The van der Waals surface area contributed by atoms with Crippen molar-refractivity contribution in [1.29, 1.82) is 0 Å². The van der Waals surface area contributed by atoms with E-state index in [9.17, 15) is 19.2 Å². The average Bonchev–Trinajstić information content (AvgIpc) is 3.73. The first kappa shape index (κ1) is 30.7. The molecule has 10 nitrogen and oxygen atoms in total. The van der Waals surface area contributed by atoms with E-state index in [4.69, 9.17) is 24.4 Å². The first-order valence-corrected chi connectivity index (χ1v) is 17.5. The van der Waals surface area contributed by atoms with Crippen molar-refractivity contribution in [2.45, 2.75) is 25.7 Å². The fraction of sp³-hybridized carbons (Fsp3) is 0.214. The lowest BCUT2D eigenvalue weighted by Crippen LogP contribution is -2.31. The third kappa shape index (κ3) is 6.69. The molecule has 224 valence electrons. The third-order valence-electron chi connectivity index (χ3n) is 6.56. The molecule has 2 aromatic heterocycles. The van der Waals surface area contributed by atoms with Crippen LogP contribution in [0.4, 0.5) is 10.3 Å². The first-order valence-electron chi connectivity index (χ1n) is 13.4. The Balaban J connectivity index is 0.987. The molecule has 4 amide bonds. The van der Waals surface area contributed by atoms with Crippen molar-refractivity contribution in [3.63, 3.8) is 0 Å². The van der Waals surface area contributed by atoms with Crippen molar-refractivity contribution >= 4 is 134 Å². The van der Waals surface area contributed by atoms with Crippen LogP contribution in [0.1, 0.15) is 25.7 Å². The number of fused-ring (bicyclic) bond motifs is 2. The Morgan fingerprint density at radius 2 is 1.09 bits per heavy atom. The lowest BCUT2D eigenvalue weighted by molar-refractivity contribution is -0.124. The number of aromatic nitrogens is 2. The van der Waals surface area contributed by atoms with E-state index in [1.807, 2.05) is 48.5 Å². The molecule has 2 fully saturated rings. The van der Waals surface area contributed by atoms with E-state index in [1.165, 1.54) is 32.5 Å². The number of thioether (sulfide) groups is 2. The van der Waals surface area contributed by atoms with Gasteiger partial charge in [-0.2, -0.15) is 0 Å². The molecule has 2 aliphatic rings. The highest BCUT2D eigenvalue weighted by Gasteiger charge is 2.41. The van der Waals surface area contributed by atoms with Crippen LogP contribution in [0.2, 0.25) is 0 Å². The summed E-state index contributed by atoms with van der Waals surface area (Å²) in [7, 11) is 0. The summed E-state index contributed by atoms with van der Waals surface area (Å²) in [5.74, 6) is -1.15. The van der Waals surface area contributed by atoms with Gasteiger partial charge in [-0.15, -0.1) is 0 Å². The summed E-state index contributed by atoms with van der Waals surface area (Å²) >= 11 is 15.8. The van der Waals surface area contributed by atoms with Crippen LogP contribution >= 0.6 is 70.6 Å². The second-order valence-corrected chi connectivity index (χ2v) is 14.9. The molecule has 0 saturated carbocycles. The minimum atomic E-state index is -0.373. The second-order valence-electron chi connectivity index (χ2n) is 9.58. The molecule has 44 heavy (non-hydrogen) atoms. The lowest BCUT2D eigenvalue weighted by atomic mass is 10.2. The molecule has 4 heterocycles. The molecule has 2 N–H and O–H groups in total. The molecular formula is C28H22N6O4S6. The van der Waals surface area contributed by atoms with E-state index in [0.717, 1.165) is 44.0 Å². The minimum Gasteiger partial charge on any atom is -0.302 e. The van der Waals surface area contributed by atoms with Crippen molar-refractivity contribution in [2.75, 3.05) is 23.7 Å². The number of benzene rings is 2. The van der Waals surface area contributed by atoms with Crippen LogP contribution in [-0.2, 0) is 19.2 Å². The molecule has 2 aromatic carbocycles. The summed E-state index contributed by atoms with van der Waals surface area (Å²) in [5, 5.41) is 6.67. The molecule has 0 spiro atoms. The lowest BCUT2D eigenvalue weighted by Gasteiger charge is -2.14. The van der Waals surface area contributed by atoms with Crippen molar-refractivity contribution in [1.82, 2.24) is 19.8 Å². The minimum absolute atomic E-state index is 0.178. The second kappa shape index (κ2) is 13.4. The number of amides is 4. The number of para-hydroxylation sites is 2. The fourth-order valence-corrected chi connectivity index (χ4v) is 9.00. The standard InChI is InChI=1S/C28H22N6O4S6/c35-19(31-25-29-15-7-1-3-9-17(15)41-25)11-5-13-33-23(37)21(43-27(33)39)22-24(38)34(28(40)44-22)14-6-12-20(36)32-26-30-16-8-2-4-10-18(16)42-26/h1-4,7-10H,5-6,11-14H2,(H,29,31,35)(H,30,32,36)/b22-21+. The van der Waals surface area contributed by atoms with Gasteiger partial charge in [0.1, 0.15) is 8.64 Å². The Bertz CT molecular complexity index is 1680. The number of hydrogen-bond acceptors (Lipinski definition) is 12. The van der Waals surface area contributed by atoms with Crippen LogP contribution in [0.5, 0.6) is 0 Å². The molecule has 0 radical (unpaired) electrons. The number of rotatable bonds is 10. The number of carbonyl (C=O) groups excluding carboxylic acids is 4. The normalized spacial score (nSPS) is 17.0. The highest BCUT2D eigenvalue weighted by Crippen LogP contribution is 2.42. The number of thiocarbonyl (C=S) groups is 2. The van der Waals surface area contributed by atoms with Crippen molar-refractivity contribution in [2.24, 2.45) is 0 Å². The summed E-state index contributed by atoms with van der Waals surface area (Å²) in [4.78, 5) is 63.6. The largest absolute Gasteiger partial charge is 0.302 e. The van der Waals surface area contributed by atoms with E-state index in [1.54, 1.807) is 0 Å². The van der Waals surface area contributed by atoms with Gasteiger partial charge >= 0.3 is 0 Å². The van der Waals surface area contributed by atoms with Gasteiger partial charge in [-0.1, -0.05) is 94.9 Å². The Labute approximate surface area is 278 Å². The van der Waals surface area contributed by atoms with Crippen LogP contribution in [0, 0.1) is 0 Å². The summed E-state index contributed by atoms with van der Waals surface area (Å²) in [5.41, 5.74) is 1.64. The van der Waals surface area contributed by atoms with Crippen molar-refractivity contribution < 1.29 is 19.2 Å². The van der Waals surface area contributed by atoms with Crippen LogP contribution in [0.15, 0.2) is 58.3 Å². The Hall–Kier alpha value is -3.28. The van der Waals surface area contributed by atoms with Gasteiger partial charge in [-0.25, -0.2) is 9.97 Å². The summed E-state index contributed by atoms with van der Waals surface area (Å²) in [6.45, 7) is 0.483. The molecule has 2 aliphatic heterocycles. The van der Waals surface area contributed by atoms with E-state index in [2.05, 4.69) is 20.6 Å². The zero-order chi connectivity index (χ0) is 30.8. The highest BCUT2D eigenvalue weighted by atomic mass is 32.2.